The van der Waals surface area contributed by atoms with E-state index in [4.69, 9.17) is 11.6 Å². The minimum atomic E-state index is -4.25. The van der Waals surface area contributed by atoms with E-state index in [1.165, 1.54) is 6.20 Å². The van der Waals surface area contributed by atoms with Crippen molar-refractivity contribution in [3.8, 4) is 0 Å². The molecule has 1 N–H and O–H groups in total. The van der Waals surface area contributed by atoms with Crippen molar-refractivity contribution in [2.75, 3.05) is 17.6 Å². The lowest BCUT2D eigenvalue weighted by molar-refractivity contribution is -0.0327. The molecule has 4 nitrogen and oxygen atoms in total. The molecule has 0 aromatic carbocycles. The van der Waals surface area contributed by atoms with Gasteiger partial charge in [-0.15, -0.1) is 0 Å². The van der Waals surface area contributed by atoms with Gasteiger partial charge in [0.2, 0.25) is 0 Å². The lowest BCUT2D eigenvalue weighted by Gasteiger charge is -2.10. The molecular weight excluding hydrogens is 291 g/mol. The van der Waals surface area contributed by atoms with Gasteiger partial charge in [0, 0.05) is 18.8 Å². The number of halogens is 4. The zero-order chi connectivity index (χ0) is 13.8. The van der Waals surface area contributed by atoms with Crippen LogP contribution in [0, 0.1) is 0 Å². The van der Waals surface area contributed by atoms with Crippen LogP contribution in [0.2, 0.25) is 5.02 Å². The first kappa shape index (κ1) is 15.2. The Kier molecular flexibility index (Phi) is 5.33. The van der Waals surface area contributed by atoms with Crippen molar-refractivity contribution < 1.29 is 13.2 Å². The van der Waals surface area contributed by atoms with Crippen molar-refractivity contribution in [3.63, 3.8) is 0 Å². The van der Waals surface area contributed by atoms with Crippen LogP contribution in [0.25, 0.3) is 0 Å². The molecular formula is C9H11ClF3N3OS. The predicted octanol–water partition coefficient (Wildman–Crippen LogP) is 2.58. The Morgan fingerprint density at radius 1 is 1.56 bits per heavy atom. The monoisotopic (exact) mass is 301 g/mol. The topological polar surface area (TPSA) is 46.9 Å². The van der Waals surface area contributed by atoms with E-state index in [0.29, 0.717) is 6.54 Å². The second kappa shape index (κ2) is 6.33. The molecule has 1 aromatic rings. The van der Waals surface area contributed by atoms with E-state index >= 15 is 0 Å². The van der Waals surface area contributed by atoms with Gasteiger partial charge in [0.05, 0.1) is 11.9 Å². The Balaban J connectivity index is 2.59. The number of aryl methyl sites for hydroxylation is 1. The number of hydrogen-bond donors (Lipinski definition) is 1. The number of nitrogens with one attached hydrogen (secondary N) is 1. The van der Waals surface area contributed by atoms with Gasteiger partial charge >= 0.3 is 5.51 Å². The van der Waals surface area contributed by atoms with E-state index in [2.05, 4.69) is 10.4 Å². The van der Waals surface area contributed by atoms with Crippen LogP contribution >= 0.6 is 23.4 Å². The smallest absolute Gasteiger partial charge is 0.382 e. The molecule has 0 atom stereocenters. The molecule has 0 aliphatic rings. The average Bonchev–Trinajstić information content (AvgIpc) is 2.28. The van der Waals surface area contributed by atoms with Gasteiger partial charge in [-0.3, -0.25) is 4.79 Å². The van der Waals surface area contributed by atoms with Crippen molar-refractivity contribution in [2.24, 2.45) is 0 Å². The third-order valence-electron chi connectivity index (χ3n) is 1.97. The maximum absolute atomic E-state index is 11.9. The first-order valence-corrected chi connectivity index (χ1v) is 6.41. The Morgan fingerprint density at radius 3 is 2.78 bits per heavy atom. The second-order valence-electron chi connectivity index (χ2n) is 3.21. The van der Waals surface area contributed by atoms with Gasteiger partial charge in [-0.2, -0.15) is 18.3 Å². The predicted molar refractivity (Wildman–Crippen MR) is 66.2 cm³/mol. The maximum Gasteiger partial charge on any atom is 0.441 e. The molecule has 1 aromatic heterocycles. The van der Waals surface area contributed by atoms with Crippen LogP contribution in [0.5, 0.6) is 0 Å². The second-order valence-corrected chi connectivity index (χ2v) is 4.75. The Hall–Kier alpha value is -0.890. The molecule has 0 amide bonds. The van der Waals surface area contributed by atoms with Crippen LogP contribution in [0.4, 0.5) is 18.9 Å². The summed E-state index contributed by atoms with van der Waals surface area (Å²) in [7, 11) is 0. The lowest BCUT2D eigenvalue weighted by Crippen LogP contribution is -2.23. The van der Waals surface area contributed by atoms with Gasteiger partial charge in [0.25, 0.3) is 5.56 Å². The van der Waals surface area contributed by atoms with Gasteiger partial charge in [-0.25, -0.2) is 4.68 Å². The largest absolute Gasteiger partial charge is 0.441 e. The van der Waals surface area contributed by atoms with Crippen molar-refractivity contribution in [3.05, 3.63) is 21.6 Å². The van der Waals surface area contributed by atoms with Gasteiger partial charge in [-0.1, -0.05) is 11.6 Å². The SMILES string of the molecule is CCn1ncc(NCCSC(F)(F)F)c(Cl)c1=O. The molecule has 0 bridgehead atoms. The summed E-state index contributed by atoms with van der Waals surface area (Å²) in [6.45, 7) is 2.15. The molecule has 102 valence electrons. The molecule has 0 fully saturated rings. The summed E-state index contributed by atoms with van der Waals surface area (Å²) in [5.74, 6) is -0.170. The summed E-state index contributed by atoms with van der Waals surface area (Å²) in [4.78, 5) is 11.6. The van der Waals surface area contributed by atoms with E-state index in [-0.39, 0.29) is 34.8 Å². The minimum Gasteiger partial charge on any atom is -0.382 e. The fourth-order valence-electron chi connectivity index (χ4n) is 1.17. The molecule has 18 heavy (non-hydrogen) atoms. The highest BCUT2D eigenvalue weighted by Crippen LogP contribution is 2.29. The summed E-state index contributed by atoms with van der Waals surface area (Å²) >= 11 is 5.64. The number of thioether (sulfide) groups is 1. The maximum atomic E-state index is 11.9. The van der Waals surface area contributed by atoms with Crippen LogP contribution in [-0.4, -0.2) is 27.6 Å². The molecule has 0 radical (unpaired) electrons. The summed E-state index contributed by atoms with van der Waals surface area (Å²) in [5, 5.41) is 6.40. The Bertz CT molecular complexity index is 463. The number of alkyl halides is 3. The summed E-state index contributed by atoms with van der Waals surface area (Å²) < 4.78 is 36.8. The highest BCUT2D eigenvalue weighted by molar-refractivity contribution is 8.00. The van der Waals surface area contributed by atoms with E-state index in [9.17, 15) is 18.0 Å². The molecule has 0 unspecified atom stereocenters. The van der Waals surface area contributed by atoms with Crippen molar-refractivity contribution >= 4 is 29.1 Å². The van der Waals surface area contributed by atoms with Gasteiger partial charge < -0.3 is 5.32 Å². The molecule has 0 aliphatic carbocycles. The normalized spacial score (nSPS) is 11.6. The highest BCUT2D eigenvalue weighted by Gasteiger charge is 2.27. The van der Waals surface area contributed by atoms with Crippen molar-refractivity contribution in [1.29, 1.82) is 0 Å². The van der Waals surface area contributed by atoms with Gasteiger partial charge in [0.1, 0.15) is 5.02 Å². The molecule has 1 heterocycles. The summed E-state index contributed by atoms with van der Waals surface area (Å²) in [6.07, 6.45) is 1.32. The molecule has 0 aliphatic heterocycles. The van der Waals surface area contributed by atoms with Crippen molar-refractivity contribution in [2.45, 2.75) is 19.0 Å². The third-order valence-corrected chi connectivity index (χ3v) is 3.07. The zero-order valence-electron chi connectivity index (χ0n) is 9.42. The minimum absolute atomic E-state index is 0.0428. The fraction of sp³-hybridized carbons (Fsp3) is 0.556. The number of rotatable bonds is 5. The molecule has 0 spiro atoms. The Morgan fingerprint density at radius 2 is 2.22 bits per heavy atom. The van der Waals surface area contributed by atoms with Crippen molar-refractivity contribution in [1.82, 2.24) is 9.78 Å². The fourth-order valence-corrected chi connectivity index (χ4v) is 1.81. The van der Waals surface area contributed by atoms with Gasteiger partial charge in [-0.05, 0) is 18.7 Å². The Labute approximate surface area is 111 Å². The van der Waals surface area contributed by atoms with E-state index in [0.717, 1.165) is 4.68 Å². The van der Waals surface area contributed by atoms with E-state index in [1.54, 1.807) is 6.92 Å². The van der Waals surface area contributed by atoms with Crippen LogP contribution < -0.4 is 10.9 Å². The molecule has 0 saturated carbocycles. The number of nitrogens with zero attached hydrogens (tertiary/aromatic N) is 2. The van der Waals surface area contributed by atoms with Crippen LogP contribution in [0.1, 0.15) is 6.92 Å². The zero-order valence-corrected chi connectivity index (χ0v) is 11.0. The first-order chi connectivity index (χ1) is 8.35. The summed E-state index contributed by atoms with van der Waals surface area (Å²) in [5.41, 5.74) is -4.48. The number of aromatic nitrogens is 2. The lowest BCUT2D eigenvalue weighted by atomic mass is 10.4. The molecule has 9 heteroatoms. The highest BCUT2D eigenvalue weighted by atomic mass is 35.5. The number of anilines is 1. The third kappa shape index (κ3) is 4.41. The van der Waals surface area contributed by atoms with Crippen LogP contribution in [-0.2, 0) is 6.54 Å². The van der Waals surface area contributed by atoms with Gasteiger partial charge in [0.15, 0.2) is 0 Å². The number of hydrogen-bond acceptors (Lipinski definition) is 4. The van der Waals surface area contributed by atoms with Crippen LogP contribution in [0.15, 0.2) is 11.0 Å². The van der Waals surface area contributed by atoms with E-state index in [1.807, 2.05) is 0 Å². The summed E-state index contributed by atoms with van der Waals surface area (Å²) in [6, 6.07) is 0. The molecule has 1 rings (SSSR count). The molecule has 0 saturated heterocycles. The average molecular weight is 302 g/mol. The standard InChI is InChI=1S/C9H11ClF3N3OS/c1-2-16-8(17)7(10)6(5-15-16)14-3-4-18-9(11,12)13/h5,14H,2-4H2,1H3. The quantitative estimate of drug-likeness (QED) is 0.849. The first-order valence-electron chi connectivity index (χ1n) is 5.05. The van der Waals surface area contributed by atoms with Crippen LogP contribution in [0.3, 0.4) is 0 Å². The van der Waals surface area contributed by atoms with E-state index < -0.39 is 11.1 Å².